The lowest BCUT2D eigenvalue weighted by Crippen LogP contribution is -2.13. The van der Waals surface area contributed by atoms with E-state index in [1.807, 2.05) is 25.1 Å². The highest BCUT2D eigenvalue weighted by Crippen LogP contribution is 2.18. The van der Waals surface area contributed by atoms with Crippen molar-refractivity contribution in [1.29, 1.82) is 0 Å². The molecule has 1 heterocycles. The van der Waals surface area contributed by atoms with Crippen LogP contribution in [-0.4, -0.2) is 23.0 Å². The lowest BCUT2D eigenvalue weighted by molar-refractivity contribution is 0.102. The average Bonchev–Trinajstić information content (AvgIpc) is 2.66. The lowest BCUT2D eigenvalue weighted by atomic mass is 10.1. The van der Waals surface area contributed by atoms with E-state index in [0.29, 0.717) is 17.2 Å². The van der Waals surface area contributed by atoms with Gasteiger partial charge in [-0.3, -0.25) is 4.79 Å². The molecule has 2 aromatic carbocycles. The fourth-order valence-corrected chi connectivity index (χ4v) is 2.34. The van der Waals surface area contributed by atoms with Gasteiger partial charge >= 0.3 is 0 Å². The molecule has 0 unspecified atom stereocenters. The van der Waals surface area contributed by atoms with E-state index in [1.54, 1.807) is 31.4 Å². The maximum absolute atomic E-state index is 12.3. The van der Waals surface area contributed by atoms with E-state index in [9.17, 15) is 4.79 Å². The van der Waals surface area contributed by atoms with Gasteiger partial charge in [-0.25, -0.2) is 9.97 Å². The molecule has 0 aliphatic carbocycles. The van der Waals surface area contributed by atoms with Crippen molar-refractivity contribution in [2.24, 2.45) is 0 Å². The number of hydrogen-bond donors (Lipinski definition) is 2. The van der Waals surface area contributed by atoms with Gasteiger partial charge in [-0.2, -0.15) is 0 Å². The topological polar surface area (TPSA) is 76.1 Å². The third-order valence-corrected chi connectivity index (χ3v) is 4.02. The SMILES string of the molecule is COc1ccc(NC(=O)c2cnc(Nc3ccc(C)c(C)c3)nc2)cc1. The van der Waals surface area contributed by atoms with Crippen LogP contribution in [0.2, 0.25) is 0 Å². The number of hydrogen-bond acceptors (Lipinski definition) is 5. The number of carbonyl (C=O) groups excluding carboxylic acids is 1. The van der Waals surface area contributed by atoms with Crippen molar-refractivity contribution in [3.63, 3.8) is 0 Å². The van der Waals surface area contributed by atoms with Gasteiger partial charge in [0.2, 0.25) is 5.95 Å². The highest BCUT2D eigenvalue weighted by Gasteiger charge is 2.08. The summed E-state index contributed by atoms with van der Waals surface area (Å²) in [5.41, 5.74) is 4.37. The number of nitrogens with zero attached hydrogens (tertiary/aromatic N) is 2. The highest BCUT2D eigenvalue weighted by molar-refractivity contribution is 6.03. The summed E-state index contributed by atoms with van der Waals surface area (Å²) in [6.45, 7) is 4.11. The quantitative estimate of drug-likeness (QED) is 0.726. The molecule has 3 rings (SSSR count). The Kier molecular flexibility index (Phi) is 5.12. The van der Waals surface area contributed by atoms with Crippen LogP contribution < -0.4 is 15.4 Å². The molecule has 3 aromatic rings. The zero-order valence-corrected chi connectivity index (χ0v) is 14.9. The molecular weight excluding hydrogens is 328 g/mol. The molecule has 0 radical (unpaired) electrons. The molecule has 0 saturated carbocycles. The van der Waals surface area contributed by atoms with Gasteiger partial charge in [0, 0.05) is 23.8 Å². The van der Waals surface area contributed by atoms with Crippen LogP contribution in [0, 0.1) is 13.8 Å². The second-order valence-electron chi connectivity index (χ2n) is 5.90. The van der Waals surface area contributed by atoms with Crippen LogP contribution in [0.1, 0.15) is 21.5 Å². The third kappa shape index (κ3) is 4.16. The van der Waals surface area contributed by atoms with Crippen molar-refractivity contribution in [3.8, 4) is 5.75 Å². The van der Waals surface area contributed by atoms with E-state index in [4.69, 9.17) is 4.74 Å². The zero-order chi connectivity index (χ0) is 18.5. The van der Waals surface area contributed by atoms with Crippen molar-refractivity contribution in [2.75, 3.05) is 17.7 Å². The Balaban J connectivity index is 1.66. The first kappa shape index (κ1) is 17.4. The summed E-state index contributed by atoms with van der Waals surface area (Å²) in [4.78, 5) is 20.7. The predicted octanol–water partition coefficient (Wildman–Crippen LogP) is 4.10. The number of benzene rings is 2. The maximum Gasteiger partial charge on any atom is 0.258 e. The van der Waals surface area contributed by atoms with Crippen molar-refractivity contribution in [1.82, 2.24) is 9.97 Å². The predicted molar refractivity (Wildman–Crippen MR) is 102 cm³/mol. The largest absolute Gasteiger partial charge is 0.497 e. The standard InChI is InChI=1S/C20H20N4O2/c1-13-4-5-17(10-14(13)2)24-20-21-11-15(12-22-20)19(25)23-16-6-8-18(26-3)9-7-16/h4-12H,1-3H3,(H,23,25)(H,21,22,24). The first-order chi connectivity index (χ1) is 12.5. The van der Waals surface area contributed by atoms with Crippen LogP contribution in [0.25, 0.3) is 0 Å². The van der Waals surface area contributed by atoms with E-state index in [0.717, 1.165) is 11.4 Å². The van der Waals surface area contributed by atoms with Crippen LogP contribution in [0.5, 0.6) is 5.75 Å². The Hall–Kier alpha value is -3.41. The summed E-state index contributed by atoms with van der Waals surface area (Å²) in [6, 6.07) is 13.1. The van der Waals surface area contributed by atoms with E-state index in [1.165, 1.54) is 23.5 Å². The lowest BCUT2D eigenvalue weighted by Gasteiger charge is -2.08. The number of methoxy groups -OCH3 is 1. The van der Waals surface area contributed by atoms with Gasteiger partial charge in [0.05, 0.1) is 12.7 Å². The number of aryl methyl sites for hydroxylation is 2. The van der Waals surface area contributed by atoms with E-state index in [2.05, 4.69) is 27.5 Å². The average molecular weight is 348 g/mol. The van der Waals surface area contributed by atoms with Gasteiger partial charge < -0.3 is 15.4 Å². The summed E-state index contributed by atoms with van der Waals surface area (Å²) in [5.74, 6) is 0.898. The first-order valence-electron chi connectivity index (χ1n) is 8.17. The molecule has 0 atom stereocenters. The van der Waals surface area contributed by atoms with Crippen LogP contribution in [0.15, 0.2) is 54.9 Å². The molecule has 132 valence electrons. The summed E-state index contributed by atoms with van der Waals surface area (Å²) in [6.07, 6.45) is 2.99. The Labute approximate surface area is 152 Å². The molecular formula is C20H20N4O2. The minimum Gasteiger partial charge on any atom is -0.497 e. The third-order valence-electron chi connectivity index (χ3n) is 4.02. The maximum atomic E-state index is 12.3. The normalized spacial score (nSPS) is 10.3. The number of amides is 1. The van der Waals surface area contributed by atoms with Crippen LogP contribution in [0.3, 0.4) is 0 Å². The van der Waals surface area contributed by atoms with Crippen LogP contribution >= 0.6 is 0 Å². The van der Waals surface area contributed by atoms with Gasteiger partial charge in [-0.05, 0) is 61.4 Å². The number of anilines is 3. The zero-order valence-electron chi connectivity index (χ0n) is 14.9. The van der Waals surface area contributed by atoms with Crippen molar-refractivity contribution < 1.29 is 9.53 Å². The molecule has 1 aromatic heterocycles. The minimum absolute atomic E-state index is 0.270. The van der Waals surface area contributed by atoms with Crippen LogP contribution in [0.4, 0.5) is 17.3 Å². The van der Waals surface area contributed by atoms with Gasteiger partial charge in [0.25, 0.3) is 5.91 Å². The molecule has 0 fully saturated rings. The Morgan fingerprint density at radius 2 is 1.58 bits per heavy atom. The smallest absolute Gasteiger partial charge is 0.258 e. The minimum atomic E-state index is -0.270. The molecule has 0 spiro atoms. The molecule has 0 saturated heterocycles. The Bertz CT molecular complexity index is 906. The number of nitrogens with one attached hydrogen (secondary N) is 2. The summed E-state index contributed by atoms with van der Waals surface area (Å²) < 4.78 is 5.09. The van der Waals surface area contributed by atoms with Crippen molar-refractivity contribution >= 4 is 23.2 Å². The van der Waals surface area contributed by atoms with E-state index in [-0.39, 0.29) is 5.91 Å². The van der Waals surface area contributed by atoms with Crippen LogP contribution in [-0.2, 0) is 0 Å². The summed E-state index contributed by atoms with van der Waals surface area (Å²) in [5, 5.41) is 5.93. The second-order valence-corrected chi connectivity index (χ2v) is 5.90. The molecule has 0 aliphatic heterocycles. The monoisotopic (exact) mass is 348 g/mol. The van der Waals surface area contributed by atoms with E-state index < -0.39 is 0 Å². The van der Waals surface area contributed by atoms with Crippen molar-refractivity contribution in [2.45, 2.75) is 13.8 Å². The van der Waals surface area contributed by atoms with Gasteiger partial charge in [0.1, 0.15) is 5.75 Å². The van der Waals surface area contributed by atoms with Crippen molar-refractivity contribution in [3.05, 3.63) is 71.5 Å². The molecule has 6 heteroatoms. The Morgan fingerprint density at radius 1 is 0.923 bits per heavy atom. The molecule has 0 bridgehead atoms. The van der Waals surface area contributed by atoms with E-state index >= 15 is 0 Å². The number of aromatic nitrogens is 2. The fraction of sp³-hybridized carbons (Fsp3) is 0.150. The molecule has 2 N–H and O–H groups in total. The summed E-state index contributed by atoms with van der Waals surface area (Å²) >= 11 is 0. The number of rotatable bonds is 5. The second kappa shape index (κ2) is 7.65. The summed E-state index contributed by atoms with van der Waals surface area (Å²) in [7, 11) is 1.60. The highest BCUT2D eigenvalue weighted by atomic mass is 16.5. The Morgan fingerprint density at radius 3 is 2.19 bits per heavy atom. The molecule has 1 amide bonds. The number of carbonyl (C=O) groups is 1. The molecule has 6 nitrogen and oxygen atoms in total. The van der Waals surface area contributed by atoms with Gasteiger partial charge in [-0.15, -0.1) is 0 Å². The first-order valence-corrected chi connectivity index (χ1v) is 8.17. The molecule has 0 aliphatic rings. The fourth-order valence-electron chi connectivity index (χ4n) is 2.34. The molecule has 26 heavy (non-hydrogen) atoms. The van der Waals surface area contributed by atoms with Gasteiger partial charge in [0.15, 0.2) is 0 Å². The van der Waals surface area contributed by atoms with Gasteiger partial charge in [-0.1, -0.05) is 6.07 Å². The number of ether oxygens (including phenoxy) is 1.